The lowest BCUT2D eigenvalue weighted by Crippen LogP contribution is -2.41. The number of ether oxygens (including phenoxy) is 2. The van der Waals surface area contributed by atoms with Crippen molar-refractivity contribution < 1.29 is 14.3 Å². The Labute approximate surface area is 97.6 Å². The minimum Gasteiger partial charge on any atom is -0.463 e. The van der Waals surface area contributed by atoms with Gasteiger partial charge in [0, 0.05) is 5.92 Å². The third kappa shape index (κ3) is 1.96. The summed E-state index contributed by atoms with van der Waals surface area (Å²) in [7, 11) is 0. The molecular weight excluding hydrogens is 250 g/mol. The predicted molar refractivity (Wildman–Crippen MR) is 54.7 cm³/mol. The molecular formula is C8H11Cl3O3. The number of alkyl halides is 3. The van der Waals surface area contributed by atoms with Gasteiger partial charge in [0.1, 0.15) is 5.56 Å². The number of hydrogen-bond acceptors (Lipinski definition) is 3. The summed E-state index contributed by atoms with van der Waals surface area (Å²) in [5.74, 6) is -0.892. The van der Waals surface area contributed by atoms with Gasteiger partial charge >= 0.3 is 5.97 Å². The summed E-state index contributed by atoms with van der Waals surface area (Å²) in [5, 5.41) is -2.34. The van der Waals surface area contributed by atoms with Crippen molar-refractivity contribution >= 4 is 40.8 Å². The molecule has 6 heteroatoms. The van der Waals surface area contributed by atoms with Gasteiger partial charge in [0.15, 0.2) is 0 Å². The van der Waals surface area contributed by atoms with Crippen molar-refractivity contribution in [3.63, 3.8) is 0 Å². The quantitative estimate of drug-likeness (QED) is 0.565. The van der Waals surface area contributed by atoms with Crippen molar-refractivity contribution in [3.8, 4) is 0 Å². The molecule has 0 N–H and O–H groups in total. The van der Waals surface area contributed by atoms with Crippen LogP contribution in [0.4, 0.5) is 0 Å². The van der Waals surface area contributed by atoms with Crippen molar-refractivity contribution in [3.05, 3.63) is 0 Å². The average Bonchev–Trinajstić information content (AvgIpc) is 2.32. The second-order valence-corrected chi connectivity index (χ2v) is 4.56. The lowest BCUT2D eigenvalue weighted by molar-refractivity contribution is -0.158. The Bertz CT molecular complexity index is 236. The smallest absolute Gasteiger partial charge is 0.355 e. The topological polar surface area (TPSA) is 35.5 Å². The van der Waals surface area contributed by atoms with Crippen LogP contribution in [0, 0.1) is 5.92 Å². The molecule has 14 heavy (non-hydrogen) atoms. The third-order valence-corrected chi connectivity index (χ3v) is 3.85. The summed E-state index contributed by atoms with van der Waals surface area (Å²) in [6, 6.07) is 0. The highest BCUT2D eigenvalue weighted by atomic mass is 35.5. The number of halogens is 3. The first-order valence-corrected chi connectivity index (χ1v) is 5.50. The van der Waals surface area contributed by atoms with E-state index in [0.29, 0.717) is 0 Å². The molecule has 0 aromatic carbocycles. The fraction of sp³-hybridized carbons (Fsp3) is 0.875. The lowest BCUT2D eigenvalue weighted by atomic mass is 10.1. The Kier molecular flexibility index (Phi) is 3.92. The number of carbonyl (C=O) groups is 1. The standard InChI is InChI=1S/C8H11Cl3O3/c1-3-13-7(12)8(11)5(9)4(2)6(10)14-8/h4-6H,3H2,1-2H3. The van der Waals surface area contributed by atoms with Crippen molar-refractivity contribution in [1.29, 1.82) is 0 Å². The molecule has 1 aliphatic rings. The van der Waals surface area contributed by atoms with Crippen LogP contribution >= 0.6 is 34.8 Å². The maximum Gasteiger partial charge on any atom is 0.355 e. The molecule has 0 spiro atoms. The predicted octanol–water partition coefficient (Wildman–Crippen LogP) is 2.32. The van der Waals surface area contributed by atoms with E-state index in [9.17, 15) is 4.79 Å². The fourth-order valence-corrected chi connectivity index (χ4v) is 2.23. The molecule has 0 radical (unpaired) electrons. The summed E-state index contributed by atoms with van der Waals surface area (Å²) in [6.45, 7) is 3.66. The van der Waals surface area contributed by atoms with Crippen LogP contribution in [0.5, 0.6) is 0 Å². The van der Waals surface area contributed by atoms with Crippen LogP contribution in [-0.2, 0) is 14.3 Å². The Morgan fingerprint density at radius 2 is 2.14 bits per heavy atom. The molecule has 82 valence electrons. The Morgan fingerprint density at radius 3 is 2.50 bits per heavy atom. The molecule has 3 nitrogen and oxygen atoms in total. The highest BCUT2D eigenvalue weighted by Crippen LogP contribution is 2.44. The number of esters is 1. The minimum absolute atomic E-state index is 0.208. The zero-order chi connectivity index (χ0) is 10.9. The van der Waals surface area contributed by atoms with Crippen LogP contribution in [0.1, 0.15) is 13.8 Å². The maximum atomic E-state index is 11.4. The van der Waals surface area contributed by atoms with E-state index in [1.165, 1.54) is 0 Å². The van der Waals surface area contributed by atoms with Gasteiger partial charge in [-0.2, -0.15) is 0 Å². The van der Waals surface area contributed by atoms with Crippen molar-refractivity contribution in [2.24, 2.45) is 5.92 Å². The van der Waals surface area contributed by atoms with Gasteiger partial charge in [-0.15, -0.1) is 11.6 Å². The van der Waals surface area contributed by atoms with Gasteiger partial charge in [0.05, 0.1) is 12.0 Å². The van der Waals surface area contributed by atoms with E-state index in [1.54, 1.807) is 13.8 Å². The highest BCUT2D eigenvalue weighted by Gasteiger charge is 2.57. The van der Waals surface area contributed by atoms with E-state index in [1.807, 2.05) is 0 Å². The van der Waals surface area contributed by atoms with Crippen molar-refractivity contribution in [2.75, 3.05) is 6.61 Å². The normalized spacial score (nSPS) is 42.5. The molecule has 0 aromatic heterocycles. The third-order valence-electron chi connectivity index (χ3n) is 2.07. The largest absolute Gasteiger partial charge is 0.463 e. The van der Waals surface area contributed by atoms with Gasteiger partial charge in [-0.05, 0) is 6.92 Å². The van der Waals surface area contributed by atoms with Crippen LogP contribution < -0.4 is 0 Å². The van der Waals surface area contributed by atoms with E-state index in [-0.39, 0.29) is 12.5 Å². The molecule has 1 rings (SSSR count). The Morgan fingerprint density at radius 1 is 1.57 bits per heavy atom. The van der Waals surface area contributed by atoms with Gasteiger partial charge in [-0.25, -0.2) is 4.79 Å². The number of rotatable bonds is 2. The van der Waals surface area contributed by atoms with Crippen molar-refractivity contribution in [1.82, 2.24) is 0 Å². The fourth-order valence-electron chi connectivity index (χ4n) is 1.20. The highest BCUT2D eigenvalue weighted by molar-refractivity contribution is 6.40. The Hall–Kier alpha value is 0.300. The first kappa shape index (κ1) is 12.4. The first-order valence-electron chi connectivity index (χ1n) is 4.25. The van der Waals surface area contributed by atoms with Crippen LogP contribution in [-0.4, -0.2) is 28.6 Å². The SMILES string of the molecule is CCOC(=O)C1(Cl)OC(Cl)C(C)C1Cl. The van der Waals surface area contributed by atoms with Crippen LogP contribution in [0.25, 0.3) is 0 Å². The second-order valence-electron chi connectivity index (χ2n) is 3.10. The molecule has 0 amide bonds. The van der Waals surface area contributed by atoms with Crippen molar-refractivity contribution in [2.45, 2.75) is 29.8 Å². The van der Waals surface area contributed by atoms with E-state index in [4.69, 9.17) is 44.3 Å². The summed E-state index contributed by atoms with van der Waals surface area (Å²) >= 11 is 17.7. The van der Waals surface area contributed by atoms with E-state index >= 15 is 0 Å². The summed E-state index contributed by atoms with van der Waals surface area (Å²) in [4.78, 5) is 11.4. The zero-order valence-electron chi connectivity index (χ0n) is 7.80. The molecule has 4 unspecified atom stereocenters. The Balaban J connectivity index is 2.80. The van der Waals surface area contributed by atoms with E-state index < -0.39 is 22.0 Å². The van der Waals surface area contributed by atoms with E-state index in [2.05, 4.69) is 0 Å². The van der Waals surface area contributed by atoms with Gasteiger partial charge in [0.25, 0.3) is 5.06 Å². The number of carbonyl (C=O) groups excluding carboxylic acids is 1. The van der Waals surface area contributed by atoms with Gasteiger partial charge in [-0.1, -0.05) is 30.1 Å². The molecule has 0 aliphatic carbocycles. The maximum absolute atomic E-state index is 11.4. The molecule has 1 aliphatic heterocycles. The second kappa shape index (κ2) is 4.44. The molecule has 1 saturated heterocycles. The molecule has 0 saturated carbocycles. The summed E-state index contributed by atoms with van der Waals surface area (Å²) < 4.78 is 9.87. The molecule has 0 bridgehead atoms. The molecule has 1 heterocycles. The molecule has 4 atom stereocenters. The van der Waals surface area contributed by atoms with Crippen LogP contribution in [0.15, 0.2) is 0 Å². The van der Waals surface area contributed by atoms with Crippen LogP contribution in [0.2, 0.25) is 0 Å². The zero-order valence-corrected chi connectivity index (χ0v) is 10.1. The first-order chi connectivity index (χ1) is 6.43. The summed E-state index contributed by atoms with van der Waals surface area (Å²) in [5.41, 5.74) is -0.667. The number of hydrogen-bond donors (Lipinski definition) is 0. The summed E-state index contributed by atoms with van der Waals surface area (Å²) in [6.07, 6.45) is 0. The molecule has 0 aromatic rings. The minimum atomic E-state index is -1.65. The van der Waals surface area contributed by atoms with Gasteiger partial charge < -0.3 is 9.47 Å². The van der Waals surface area contributed by atoms with E-state index in [0.717, 1.165) is 0 Å². The van der Waals surface area contributed by atoms with Crippen LogP contribution in [0.3, 0.4) is 0 Å². The lowest BCUT2D eigenvalue weighted by Gasteiger charge is -2.21. The monoisotopic (exact) mass is 260 g/mol. The average molecular weight is 262 g/mol. The van der Waals surface area contributed by atoms with Gasteiger partial charge in [0.2, 0.25) is 0 Å². The molecule has 1 fully saturated rings. The van der Waals surface area contributed by atoms with Gasteiger partial charge in [-0.3, -0.25) is 0 Å².